The Hall–Kier alpha value is -3.51. The number of hydrogen-bond acceptors (Lipinski definition) is 5. The van der Waals surface area contributed by atoms with Gasteiger partial charge < -0.3 is 22.5 Å². The Balaban J connectivity index is 2.19. The number of nitrogens with zero attached hydrogens (tertiary/aromatic N) is 1. The second-order valence-corrected chi connectivity index (χ2v) is 8.94. The van der Waals surface area contributed by atoms with Crippen molar-refractivity contribution in [2.24, 2.45) is 22.2 Å². The number of aliphatic imine (C=N–C) groups is 1. The molecule has 178 valence electrons. The van der Waals surface area contributed by atoms with Gasteiger partial charge in [-0.1, -0.05) is 30.3 Å². The standard InChI is InChI=1S/C21H27FN6O4S/c22-15-8-10-16(11-9-15)33(31,32)28-17(7-4-12-26-21(24)25)20(30)27-18(19(23)29)13-14-5-2-1-3-6-14/h1-3,5-6,8-11,17-18,28H,4,7,12-13H2,(H2,23,29)(H,27,30)(H4,24,25,26)/t17-,18+/m1/s1. The van der Waals surface area contributed by atoms with Crippen molar-refractivity contribution in [2.45, 2.75) is 36.2 Å². The van der Waals surface area contributed by atoms with Gasteiger partial charge in [-0.25, -0.2) is 12.8 Å². The topological polar surface area (TPSA) is 183 Å². The number of carbonyl (C=O) groups excluding carboxylic acids is 2. The number of rotatable bonds is 12. The second-order valence-electron chi connectivity index (χ2n) is 7.23. The van der Waals surface area contributed by atoms with Crippen LogP contribution in [0.4, 0.5) is 4.39 Å². The van der Waals surface area contributed by atoms with Gasteiger partial charge in [-0.3, -0.25) is 14.6 Å². The summed E-state index contributed by atoms with van der Waals surface area (Å²) in [4.78, 5) is 28.5. The minimum atomic E-state index is -4.17. The Morgan fingerprint density at radius 1 is 0.970 bits per heavy atom. The van der Waals surface area contributed by atoms with Crippen LogP contribution in [0.25, 0.3) is 0 Å². The highest BCUT2D eigenvalue weighted by Gasteiger charge is 2.28. The van der Waals surface area contributed by atoms with E-state index in [4.69, 9.17) is 17.2 Å². The van der Waals surface area contributed by atoms with Crippen LogP contribution in [0, 0.1) is 5.82 Å². The van der Waals surface area contributed by atoms with E-state index in [0.717, 1.165) is 29.8 Å². The van der Waals surface area contributed by atoms with Gasteiger partial charge in [0.15, 0.2) is 5.96 Å². The zero-order valence-electron chi connectivity index (χ0n) is 17.8. The minimum Gasteiger partial charge on any atom is -0.370 e. The molecular weight excluding hydrogens is 451 g/mol. The number of primary amides is 1. The molecule has 0 saturated carbocycles. The van der Waals surface area contributed by atoms with Crippen molar-refractivity contribution < 1.29 is 22.4 Å². The van der Waals surface area contributed by atoms with Crippen molar-refractivity contribution in [3.63, 3.8) is 0 Å². The third-order valence-electron chi connectivity index (χ3n) is 4.63. The molecule has 0 aliphatic heterocycles. The third kappa shape index (κ3) is 8.50. The molecule has 2 atom stereocenters. The molecule has 0 fully saturated rings. The molecule has 0 aliphatic carbocycles. The zero-order chi connectivity index (χ0) is 24.4. The normalized spacial score (nSPS) is 13.0. The smallest absolute Gasteiger partial charge is 0.241 e. The van der Waals surface area contributed by atoms with Crippen LogP contribution >= 0.6 is 0 Å². The number of halogens is 1. The van der Waals surface area contributed by atoms with Crippen LogP contribution in [0.5, 0.6) is 0 Å². The first-order valence-corrected chi connectivity index (χ1v) is 11.5. The van der Waals surface area contributed by atoms with Crippen LogP contribution in [-0.2, 0) is 26.0 Å². The fourth-order valence-electron chi connectivity index (χ4n) is 2.96. The van der Waals surface area contributed by atoms with E-state index in [2.05, 4.69) is 15.0 Å². The first-order chi connectivity index (χ1) is 15.6. The molecule has 0 radical (unpaired) electrons. The summed E-state index contributed by atoms with van der Waals surface area (Å²) in [6.45, 7) is 0.160. The summed E-state index contributed by atoms with van der Waals surface area (Å²) < 4.78 is 41.0. The predicted molar refractivity (Wildman–Crippen MR) is 122 cm³/mol. The van der Waals surface area contributed by atoms with Gasteiger partial charge in [0.05, 0.1) is 4.90 Å². The molecule has 12 heteroatoms. The van der Waals surface area contributed by atoms with Crippen LogP contribution in [0.15, 0.2) is 64.5 Å². The molecule has 2 aromatic rings. The van der Waals surface area contributed by atoms with Crippen molar-refractivity contribution >= 4 is 27.8 Å². The number of nitrogens with one attached hydrogen (secondary N) is 2. The Morgan fingerprint density at radius 3 is 2.18 bits per heavy atom. The summed E-state index contributed by atoms with van der Waals surface area (Å²) in [5.74, 6) is -2.26. The summed E-state index contributed by atoms with van der Waals surface area (Å²) in [5, 5.41) is 2.51. The van der Waals surface area contributed by atoms with Crippen molar-refractivity contribution in [2.75, 3.05) is 6.54 Å². The van der Waals surface area contributed by atoms with Crippen LogP contribution < -0.4 is 27.2 Å². The monoisotopic (exact) mass is 478 g/mol. The molecule has 8 N–H and O–H groups in total. The number of hydrogen-bond donors (Lipinski definition) is 5. The highest BCUT2D eigenvalue weighted by Crippen LogP contribution is 2.12. The molecule has 33 heavy (non-hydrogen) atoms. The molecule has 0 aromatic heterocycles. The second kappa shape index (κ2) is 11.9. The summed E-state index contributed by atoms with van der Waals surface area (Å²) >= 11 is 0. The predicted octanol–water partition coefficient (Wildman–Crippen LogP) is -0.261. The van der Waals surface area contributed by atoms with Gasteiger partial charge in [0.25, 0.3) is 0 Å². The molecule has 0 bridgehead atoms. The van der Waals surface area contributed by atoms with Crippen molar-refractivity contribution in [1.29, 1.82) is 0 Å². The summed E-state index contributed by atoms with van der Waals surface area (Å²) in [6, 6.07) is 10.7. The summed E-state index contributed by atoms with van der Waals surface area (Å²) in [6.07, 6.45) is 0.426. The average Bonchev–Trinajstić information content (AvgIpc) is 2.76. The Morgan fingerprint density at radius 2 is 1.61 bits per heavy atom. The SMILES string of the molecule is NC(=O)[C@H](Cc1ccccc1)NC(=O)[C@@H](CCCN=C(N)N)NS(=O)(=O)c1ccc(F)cc1. The summed E-state index contributed by atoms with van der Waals surface area (Å²) in [7, 11) is -4.17. The van der Waals surface area contributed by atoms with E-state index in [1.807, 2.05) is 0 Å². The number of amides is 2. The highest BCUT2D eigenvalue weighted by atomic mass is 32.2. The zero-order valence-corrected chi connectivity index (χ0v) is 18.6. The largest absolute Gasteiger partial charge is 0.370 e. The number of sulfonamides is 1. The minimum absolute atomic E-state index is 0.0276. The number of benzene rings is 2. The van der Waals surface area contributed by atoms with Crippen LogP contribution in [-0.4, -0.2) is 44.8 Å². The van der Waals surface area contributed by atoms with E-state index in [9.17, 15) is 22.4 Å². The molecular formula is C21H27FN6O4S. The molecule has 2 amide bonds. The molecule has 0 saturated heterocycles. The third-order valence-corrected chi connectivity index (χ3v) is 6.11. The molecule has 10 nitrogen and oxygen atoms in total. The molecule has 0 aliphatic rings. The number of nitrogens with two attached hydrogens (primary N) is 3. The highest BCUT2D eigenvalue weighted by molar-refractivity contribution is 7.89. The van der Waals surface area contributed by atoms with Gasteiger partial charge in [0, 0.05) is 13.0 Å². The maximum absolute atomic E-state index is 13.2. The Bertz CT molecular complexity index is 1070. The lowest BCUT2D eigenvalue weighted by Crippen LogP contribution is -2.53. The van der Waals surface area contributed by atoms with E-state index in [0.29, 0.717) is 0 Å². The maximum Gasteiger partial charge on any atom is 0.241 e. The Kier molecular flexibility index (Phi) is 9.30. The molecule has 2 rings (SSSR count). The van der Waals surface area contributed by atoms with Crippen molar-refractivity contribution in [1.82, 2.24) is 10.0 Å². The average molecular weight is 479 g/mol. The molecule has 2 aromatic carbocycles. The Labute approximate surface area is 191 Å². The first-order valence-electron chi connectivity index (χ1n) is 10.1. The van der Waals surface area contributed by atoms with Crippen LogP contribution in [0.2, 0.25) is 0 Å². The van der Waals surface area contributed by atoms with E-state index >= 15 is 0 Å². The molecule has 0 heterocycles. The van der Waals surface area contributed by atoms with Gasteiger partial charge in [0.1, 0.15) is 17.9 Å². The molecule has 0 unspecified atom stereocenters. The maximum atomic E-state index is 13.2. The quantitative estimate of drug-likeness (QED) is 0.159. The number of guanidine groups is 1. The van der Waals surface area contributed by atoms with Crippen molar-refractivity contribution in [3.8, 4) is 0 Å². The van der Waals surface area contributed by atoms with Crippen LogP contribution in [0.1, 0.15) is 18.4 Å². The van der Waals surface area contributed by atoms with Gasteiger partial charge >= 0.3 is 0 Å². The summed E-state index contributed by atoms with van der Waals surface area (Å²) in [5.41, 5.74) is 16.8. The van der Waals surface area contributed by atoms with Gasteiger partial charge in [-0.2, -0.15) is 4.72 Å². The lowest BCUT2D eigenvalue weighted by atomic mass is 10.0. The lowest BCUT2D eigenvalue weighted by Gasteiger charge is -2.22. The van der Waals surface area contributed by atoms with Crippen LogP contribution in [0.3, 0.4) is 0 Å². The van der Waals surface area contributed by atoms with E-state index in [1.165, 1.54) is 0 Å². The van der Waals surface area contributed by atoms with Crippen molar-refractivity contribution in [3.05, 3.63) is 66.0 Å². The van der Waals surface area contributed by atoms with E-state index in [-0.39, 0.29) is 36.7 Å². The van der Waals surface area contributed by atoms with Gasteiger partial charge in [-0.15, -0.1) is 0 Å². The molecule has 0 spiro atoms. The van der Waals surface area contributed by atoms with Gasteiger partial charge in [-0.05, 0) is 42.7 Å². The number of carbonyl (C=O) groups is 2. The fraction of sp³-hybridized carbons (Fsp3) is 0.286. The van der Waals surface area contributed by atoms with Gasteiger partial charge in [0.2, 0.25) is 21.8 Å². The van der Waals surface area contributed by atoms with E-state index < -0.39 is 39.7 Å². The first kappa shape index (κ1) is 25.7. The lowest BCUT2D eigenvalue weighted by molar-refractivity contribution is -0.128. The fourth-order valence-corrected chi connectivity index (χ4v) is 4.19. The van der Waals surface area contributed by atoms with E-state index in [1.54, 1.807) is 30.3 Å².